The summed E-state index contributed by atoms with van der Waals surface area (Å²) in [6.45, 7) is 9.91. The second kappa shape index (κ2) is 12.7. The predicted octanol–water partition coefficient (Wildman–Crippen LogP) is 4.41. The summed E-state index contributed by atoms with van der Waals surface area (Å²) in [5.41, 5.74) is 2.80. The minimum Gasteiger partial charge on any atom is -0.318 e. The first-order chi connectivity index (χ1) is 13.7. The van der Waals surface area contributed by atoms with Crippen LogP contribution in [-0.2, 0) is 0 Å². The van der Waals surface area contributed by atoms with Gasteiger partial charge in [-0.25, -0.2) is 0 Å². The molecule has 0 amide bonds. The van der Waals surface area contributed by atoms with Gasteiger partial charge in [-0.2, -0.15) is 0 Å². The number of hydrogen-bond donors (Lipinski definition) is 3. The summed E-state index contributed by atoms with van der Waals surface area (Å²) >= 11 is 0. The van der Waals surface area contributed by atoms with Crippen molar-refractivity contribution in [2.45, 2.75) is 51.6 Å². The first-order valence-corrected chi connectivity index (χ1v) is 10.9. The molecular weight excluding hydrogens is 342 g/mol. The third-order valence-corrected chi connectivity index (χ3v) is 5.77. The van der Waals surface area contributed by atoms with E-state index in [2.05, 4.69) is 97.4 Å². The summed E-state index contributed by atoms with van der Waals surface area (Å²) in [5, 5.41) is 10.8. The van der Waals surface area contributed by atoms with Crippen LogP contribution in [0, 0.1) is 5.92 Å². The van der Waals surface area contributed by atoms with Crippen LogP contribution >= 0.6 is 0 Å². The average molecular weight is 382 g/mol. The highest BCUT2D eigenvalue weighted by atomic mass is 15.0. The smallest absolute Gasteiger partial charge is 0.0218 e. The minimum atomic E-state index is 0.434. The molecule has 2 aromatic carbocycles. The van der Waals surface area contributed by atoms with Crippen molar-refractivity contribution in [2.75, 3.05) is 26.7 Å². The molecular formula is C25H39N3. The molecule has 2 aromatic rings. The van der Waals surface area contributed by atoms with Crippen molar-refractivity contribution < 1.29 is 0 Å². The molecule has 0 saturated carbocycles. The molecule has 0 aliphatic rings. The highest BCUT2D eigenvalue weighted by Gasteiger charge is 2.18. The summed E-state index contributed by atoms with van der Waals surface area (Å²) in [4.78, 5) is 0. The van der Waals surface area contributed by atoms with Crippen LogP contribution < -0.4 is 16.0 Å². The molecule has 3 nitrogen and oxygen atoms in total. The van der Waals surface area contributed by atoms with Gasteiger partial charge in [-0.1, -0.05) is 80.9 Å². The zero-order valence-electron chi connectivity index (χ0n) is 18.1. The average Bonchev–Trinajstić information content (AvgIpc) is 2.74. The molecule has 0 aliphatic heterocycles. The van der Waals surface area contributed by atoms with Gasteiger partial charge < -0.3 is 16.0 Å². The fraction of sp³-hybridized carbons (Fsp3) is 0.520. The number of rotatable bonds is 13. The van der Waals surface area contributed by atoms with Crippen LogP contribution in [0.4, 0.5) is 0 Å². The molecule has 0 heterocycles. The number of likely N-dealkylation sites (N-methyl/N-ethyl adjacent to an activating group) is 1. The second-order valence-corrected chi connectivity index (χ2v) is 7.98. The lowest BCUT2D eigenvalue weighted by atomic mass is 9.88. The Bertz CT molecular complexity index is 589. The lowest BCUT2D eigenvalue weighted by molar-refractivity contribution is 0.334. The Hall–Kier alpha value is -1.68. The van der Waals surface area contributed by atoms with Crippen LogP contribution in [0.15, 0.2) is 60.7 Å². The highest BCUT2D eigenvalue weighted by molar-refractivity contribution is 5.32. The van der Waals surface area contributed by atoms with E-state index < -0.39 is 0 Å². The van der Waals surface area contributed by atoms with E-state index in [1.807, 2.05) is 7.05 Å². The molecule has 2 rings (SSSR count). The second-order valence-electron chi connectivity index (χ2n) is 7.98. The molecule has 0 unspecified atom stereocenters. The largest absolute Gasteiger partial charge is 0.318 e. The topological polar surface area (TPSA) is 36.1 Å². The fourth-order valence-electron chi connectivity index (χ4n) is 3.78. The van der Waals surface area contributed by atoms with Gasteiger partial charge >= 0.3 is 0 Å². The maximum atomic E-state index is 3.85. The first kappa shape index (κ1) is 22.6. The lowest BCUT2D eigenvalue weighted by Gasteiger charge is -2.28. The minimum absolute atomic E-state index is 0.434. The van der Waals surface area contributed by atoms with E-state index in [-0.39, 0.29) is 0 Å². The quantitative estimate of drug-likeness (QED) is 0.481. The van der Waals surface area contributed by atoms with Gasteiger partial charge in [0.05, 0.1) is 0 Å². The van der Waals surface area contributed by atoms with Gasteiger partial charge in [0, 0.05) is 31.1 Å². The van der Waals surface area contributed by atoms with Crippen LogP contribution in [0.3, 0.4) is 0 Å². The van der Waals surface area contributed by atoms with Gasteiger partial charge in [0.25, 0.3) is 0 Å². The summed E-state index contributed by atoms with van der Waals surface area (Å²) < 4.78 is 0. The van der Waals surface area contributed by atoms with Gasteiger partial charge in [0.2, 0.25) is 0 Å². The molecule has 3 N–H and O–H groups in total. The van der Waals surface area contributed by atoms with Crippen LogP contribution in [0.1, 0.15) is 50.7 Å². The molecule has 0 fully saturated rings. The van der Waals surface area contributed by atoms with Crippen molar-refractivity contribution in [2.24, 2.45) is 5.92 Å². The fourth-order valence-corrected chi connectivity index (χ4v) is 3.78. The Morgan fingerprint density at radius 2 is 1.36 bits per heavy atom. The van der Waals surface area contributed by atoms with E-state index in [0.717, 1.165) is 26.1 Å². The zero-order valence-corrected chi connectivity index (χ0v) is 18.1. The van der Waals surface area contributed by atoms with Gasteiger partial charge in [0.15, 0.2) is 0 Å². The number of nitrogens with one attached hydrogen (secondary N) is 3. The van der Waals surface area contributed by atoms with E-state index in [0.29, 0.717) is 23.9 Å². The molecule has 154 valence electrons. The SMILES string of the molecule is CC[C@H](C)[C@@H](CN[C@H](C)CNC)NCCC(c1ccccc1)c1ccccc1. The summed E-state index contributed by atoms with van der Waals surface area (Å²) in [5.74, 6) is 1.09. The zero-order chi connectivity index (χ0) is 20.2. The lowest BCUT2D eigenvalue weighted by Crippen LogP contribution is -2.47. The van der Waals surface area contributed by atoms with Crippen LogP contribution in [0.25, 0.3) is 0 Å². The molecule has 0 spiro atoms. The highest BCUT2D eigenvalue weighted by Crippen LogP contribution is 2.27. The van der Waals surface area contributed by atoms with Crippen molar-refractivity contribution in [3.8, 4) is 0 Å². The standard InChI is InChI=1S/C25H39N3/c1-5-20(2)25(19-28-21(3)18-26-4)27-17-16-24(22-12-8-6-9-13-22)23-14-10-7-11-15-23/h6-15,20-21,24-28H,5,16-19H2,1-4H3/t20-,21+,25+/m0/s1. The Morgan fingerprint density at radius 1 is 0.786 bits per heavy atom. The van der Waals surface area contributed by atoms with Crippen LogP contribution in [-0.4, -0.2) is 38.8 Å². The molecule has 0 saturated heterocycles. The van der Waals surface area contributed by atoms with E-state index in [4.69, 9.17) is 0 Å². The van der Waals surface area contributed by atoms with Crippen molar-refractivity contribution in [3.05, 3.63) is 71.8 Å². The van der Waals surface area contributed by atoms with E-state index in [9.17, 15) is 0 Å². The molecule has 0 aliphatic carbocycles. The molecule has 0 radical (unpaired) electrons. The normalized spacial score (nSPS) is 14.8. The van der Waals surface area contributed by atoms with E-state index in [1.54, 1.807) is 0 Å². The molecule has 0 bridgehead atoms. The Kier molecular flexibility index (Phi) is 10.3. The maximum absolute atomic E-state index is 3.85. The third-order valence-electron chi connectivity index (χ3n) is 5.77. The van der Waals surface area contributed by atoms with Gasteiger partial charge in [-0.3, -0.25) is 0 Å². The summed E-state index contributed by atoms with van der Waals surface area (Å²) in [6, 6.07) is 22.8. The molecule has 0 aromatic heterocycles. The first-order valence-electron chi connectivity index (χ1n) is 10.9. The summed E-state index contributed by atoms with van der Waals surface area (Å²) in [7, 11) is 2.01. The van der Waals surface area contributed by atoms with Gasteiger partial charge in [-0.15, -0.1) is 0 Å². The predicted molar refractivity (Wildman–Crippen MR) is 122 cm³/mol. The van der Waals surface area contributed by atoms with Crippen molar-refractivity contribution >= 4 is 0 Å². The van der Waals surface area contributed by atoms with E-state index in [1.165, 1.54) is 17.5 Å². The van der Waals surface area contributed by atoms with Crippen LogP contribution in [0.2, 0.25) is 0 Å². The molecule has 28 heavy (non-hydrogen) atoms. The Balaban J connectivity index is 1.98. The number of hydrogen-bond acceptors (Lipinski definition) is 3. The van der Waals surface area contributed by atoms with E-state index >= 15 is 0 Å². The van der Waals surface area contributed by atoms with Crippen molar-refractivity contribution in [3.63, 3.8) is 0 Å². The van der Waals surface area contributed by atoms with Gasteiger partial charge in [0.1, 0.15) is 0 Å². The third kappa shape index (κ3) is 7.38. The Labute approximate surface area is 172 Å². The molecule has 3 atom stereocenters. The van der Waals surface area contributed by atoms with Crippen molar-refractivity contribution in [1.82, 2.24) is 16.0 Å². The molecule has 3 heteroatoms. The van der Waals surface area contributed by atoms with Gasteiger partial charge in [-0.05, 0) is 44.0 Å². The van der Waals surface area contributed by atoms with Crippen molar-refractivity contribution in [1.29, 1.82) is 0 Å². The monoisotopic (exact) mass is 381 g/mol. The Morgan fingerprint density at radius 3 is 1.86 bits per heavy atom. The number of benzene rings is 2. The summed E-state index contributed by atoms with van der Waals surface area (Å²) in [6.07, 6.45) is 2.30. The van der Waals surface area contributed by atoms with Crippen LogP contribution in [0.5, 0.6) is 0 Å². The maximum Gasteiger partial charge on any atom is 0.0218 e.